The van der Waals surface area contributed by atoms with Crippen molar-refractivity contribution in [1.29, 1.82) is 0 Å². The third kappa shape index (κ3) is 9.13. The van der Waals surface area contributed by atoms with Crippen LogP contribution in [-0.2, 0) is 0 Å². The molecule has 0 unspecified atom stereocenters. The molecule has 0 aliphatic heterocycles. The van der Waals surface area contributed by atoms with Crippen molar-refractivity contribution in [1.82, 2.24) is 22.0 Å². The standard InChI is InChI=1S/5C24H13NO/c1-2-6-15-12-19-18(11-14(15)5-1)23-22-17-7-3-4-8-20(17)26-21(22)13-16-9-10-25(19)24(16)23;1-2-6-15-12-21-18(11-14(15)5-1)19-13-20-16-7-3-4-8-22(16)26-24(20)17-9-10-25(21)23(17)19;1-2-6-16-14(5-1)9-10-18-22-21-17-7-3-4-8-19(17)26-20(21)13-15-11-12-25(23(15)22)24(16)18;1-2-6-15-14(5-1)9-10-20-22(15)19-13-18-16-7-3-4-8-21(16)26-24(18)17-11-12-25(20)23(17)19;1-2-6-15-14(5-1)9-10-17-19-13-20-16-7-3-4-8-21(16)26-24(20)18-11-12-25(22(15)17)23(18)19/h5*1-13H. The molecule has 10 nitrogen and oxygen atoms in total. The van der Waals surface area contributed by atoms with Crippen molar-refractivity contribution in [2.75, 3.05) is 0 Å². The van der Waals surface area contributed by atoms with E-state index in [1.165, 1.54) is 244 Å². The quantitative estimate of drug-likeness (QED) is 0.151. The lowest BCUT2D eigenvalue weighted by atomic mass is 10.0. The minimum absolute atomic E-state index is 0.951. The molecular formula is C120H65N5O5. The number of nitrogens with zero attached hydrogens (tertiary/aromatic N) is 5. The molecule has 0 spiro atoms. The molecule has 0 bridgehead atoms. The van der Waals surface area contributed by atoms with E-state index in [1.54, 1.807) is 0 Å². The third-order valence-electron chi connectivity index (χ3n) is 28.6. The summed E-state index contributed by atoms with van der Waals surface area (Å²) in [6.07, 6.45) is 10.9. The van der Waals surface area contributed by atoms with Crippen LogP contribution in [0.2, 0.25) is 0 Å². The van der Waals surface area contributed by atoms with E-state index in [0.717, 1.165) is 55.8 Å². The molecule has 0 N–H and O–H groups in total. The molecule has 15 heterocycles. The van der Waals surface area contributed by atoms with Crippen molar-refractivity contribution >= 4 is 300 Å². The van der Waals surface area contributed by atoms with Crippen LogP contribution in [0.1, 0.15) is 0 Å². The Bertz CT molecular complexity index is 10800. The van der Waals surface area contributed by atoms with E-state index in [0.29, 0.717) is 0 Å². The van der Waals surface area contributed by atoms with Gasteiger partial charge < -0.3 is 44.1 Å². The zero-order valence-electron chi connectivity index (χ0n) is 69.3. The lowest BCUT2D eigenvalue weighted by molar-refractivity contribution is 0.669. The van der Waals surface area contributed by atoms with Crippen LogP contribution in [0.5, 0.6) is 0 Å². The molecule has 0 saturated carbocycles. The van der Waals surface area contributed by atoms with Gasteiger partial charge >= 0.3 is 0 Å². The summed E-state index contributed by atoms with van der Waals surface area (Å²) in [4.78, 5) is 0. The average molecular weight is 1660 g/mol. The number of furan rings is 5. The van der Waals surface area contributed by atoms with Gasteiger partial charge in [-0.05, 0) is 164 Å². The molecule has 600 valence electrons. The summed E-state index contributed by atoms with van der Waals surface area (Å²) < 4.78 is 42.7. The second-order valence-corrected chi connectivity index (χ2v) is 35.2. The van der Waals surface area contributed by atoms with Gasteiger partial charge in [-0.3, -0.25) is 0 Å². The first-order valence-electron chi connectivity index (χ1n) is 44.4. The molecule has 35 rings (SSSR count). The van der Waals surface area contributed by atoms with Crippen LogP contribution in [0.15, 0.2) is 417 Å². The fourth-order valence-electron chi connectivity index (χ4n) is 23.1. The Labute approximate surface area is 733 Å². The fourth-order valence-corrected chi connectivity index (χ4v) is 23.1. The second kappa shape index (κ2) is 25.1. The zero-order valence-corrected chi connectivity index (χ0v) is 69.3. The molecule has 0 fully saturated rings. The molecular weight excluding hydrogens is 1590 g/mol. The van der Waals surface area contributed by atoms with Crippen molar-refractivity contribution in [2.24, 2.45) is 0 Å². The topological polar surface area (TPSA) is 87.8 Å². The first kappa shape index (κ1) is 68.8. The molecule has 130 heavy (non-hydrogen) atoms. The molecule has 0 aliphatic carbocycles. The van der Waals surface area contributed by atoms with Gasteiger partial charge in [-0.25, -0.2) is 0 Å². The summed E-state index contributed by atoms with van der Waals surface area (Å²) in [6, 6.07) is 129. The first-order chi connectivity index (χ1) is 64.5. The normalized spacial score (nSPS) is 12.6. The maximum atomic E-state index is 6.23. The molecule has 0 amide bonds. The fraction of sp³-hybridized carbons (Fsp3) is 0. The maximum Gasteiger partial charge on any atom is 0.144 e. The molecule has 0 saturated heterocycles. The van der Waals surface area contributed by atoms with Gasteiger partial charge in [-0.1, -0.05) is 243 Å². The summed E-state index contributed by atoms with van der Waals surface area (Å²) in [5.41, 5.74) is 22.3. The van der Waals surface area contributed by atoms with Gasteiger partial charge in [0.05, 0.1) is 55.2 Å². The van der Waals surface area contributed by atoms with Crippen molar-refractivity contribution in [3.63, 3.8) is 0 Å². The SMILES string of the molecule is c1ccc2c(c1)ccc1c2c2cc3c4ccccc4oc3c3ccn1c32.c1ccc2c(c1)ccc1c3c4c(cc5ccn(c21)c53)oc1ccccc14.c1ccc2c(c1)ccc1c3cc4c5ccccc5oc4c4ccn(c21)c34.c1ccc2cc3c(cc2c1)c1c2c(cc4ccn3c41)oc1ccccc12.c1ccc2cc3c(cc2c1)c1cc2c4ccccc4oc2c2ccn3c12. The zero-order chi connectivity index (χ0) is 84.1. The van der Waals surface area contributed by atoms with Crippen molar-refractivity contribution in [3.05, 3.63) is 395 Å². The Hall–Kier alpha value is -17.6. The van der Waals surface area contributed by atoms with Gasteiger partial charge in [0, 0.05) is 176 Å². The van der Waals surface area contributed by atoms with E-state index in [9.17, 15) is 0 Å². The molecule has 0 atom stereocenters. The number of aromatic nitrogens is 5. The van der Waals surface area contributed by atoms with Gasteiger partial charge in [0.2, 0.25) is 0 Å². The highest BCUT2D eigenvalue weighted by Crippen LogP contribution is 2.51. The lowest BCUT2D eigenvalue weighted by Gasteiger charge is -2.01. The monoisotopic (exact) mass is 1660 g/mol. The van der Waals surface area contributed by atoms with E-state index in [-0.39, 0.29) is 0 Å². The summed E-state index contributed by atoms with van der Waals surface area (Å²) in [6.45, 7) is 0. The minimum Gasteiger partial charge on any atom is -0.456 e. The summed E-state index contributed by atoms with van der Waals surface area (Å²) >= 11 is 0. The molecule has 20 aromatic carbocycles. The Morgan fingerprint density at radius 2 is 0.462 bits per heavy atom. The Balaban J connectivity index is 0.0000000769. The van der Waals surface area contributed by atoms with E-state index in [4.69, 9.17) is 22.1 Å². The highest BCUT2D eigenvalue weighted by molar-refractivity contribution is 6.37. The molecule has 0 radical (unpaired) electrons. The number of hydrogen-bond donors (Lipinski definition) is 0. The van der Waals surface area contributed by atoms with Crippen LogP contribution in [0, 0.1) is 0 Å². The number of fused-ring (bicyclic) bond motifs is 43. The van der Waals surface area contributed by atoms with Crippen LogP contribution in [0.25, 0.3) is 300 Å². The Morgan fingerprint density at radius 1 is 0.131 bits per heavy atom. The Kier molecular flexibility index (Phi) is 13.3. The van der Waals surface area contributed by atoms with Gasteiger partial charge in [0.25, 0.3) is 0 Å². The van der Waals surface area contributed by atoms with Gasteiger partial charge in [0.15, 0.2) is 0 Å². The molecule has 15 aromatic heterocycles. The van der Waals surface area contributed by atoms with Crippen molar-refractivity contribution in [2.45, 2.75) is 0 Å². The predicted molar refractivity (Wildman–Crippen MR) is 542 cm³/mol. The van der Waals surface area contributed by atoms with Gasteiger partial charge in [-0.2, -0.15) is 0 Å². The highest BCUT2D eigenvalue weighted by Gasteiger charge is 2.27. The van der Waals surface area contributed by atoms with E-state index in [1.807, 2.05) is 48.5 Å². The van der Waals surface area contributed by atoms with E-state index in [2.05, 4.69) is 368 Å². The summed E-state index contributed by atoms with van der Waals surface area (Å²) in [7, 11) is 0. The van der Waals surface area contributed by atoms with Crippen LogP contribution >= 0.6 is 0 Å². The second-order valence-electron chi connectivity index (χ2n) is 35.2. The summed E-state index contributed by atoms with van der Waals surface area (Å²) in [5.74, 6) is 0. The highest BCUT2D eigenvalue weighted by atomic mass is 16.3. The summed E-state index contributed by atoms with van der Waals surface area (Å²) in [5, 5.41) is 43.8. The average Bonchev–Trinajstić information content (AvgIpc) is 1.53. The molecule has 0 aliphatic rings. The van der Waals surface area contributed by atoms with Crippen LogP contribution < -0.4 is 0 Å². The lowest BCUT2D eigenvalue weighted by Crippen LogP contribution is -1.79. The van der Waals surface area contributed by atoms with E-state index >= 15 is 0 Å². The largest absolute Gasteiger partial charge is 0.456 e. The third-order valence-corrected chi connectivity index (χ3v) is 28.6. The number of para-hydroxylation sites is 5. The van der Waals surface area contributed by atoms with Crippen LogP contribution in [0.4, 0.5) is 0 Å². The smallest absolute Gasteiger partial charge is 0.144 e. The number of rotatable bonds is 0. The first-order valence-corrected chi connectivity index (χ1v) is 44.4. The molecule has 35 aromatic rings. The van der Waals surface area contributed by atoms with Crippen LogP contribution in [-0.4, -0.2) is 22.0 Å². The number of hydrogen-bond acceptors (Lipinski definition) is 5. The van der Waals surface area contributed by atoms with E-state index < -0.39 is 0 Å². The molecule has 10 heteroatoms. The van der Waals surface area contributed by atoms with Gasteiger partial charge in [-0.15, -0.1) is 0 Å². The minimum atomic E-state index is 0.951. The van der Waals surface area contributed by atoms with Crippen molar-refractivity contribution < 1.29 is 22.1 Å². The van der Waals surface area contributed by atoms with Gasteiger partial charge in [0.1, 0.15) is 55.8 Å². The Morgan fingerprint density at radius 3 is 1.00 bits per heavy atom. The number of benzene rings is 20. The van der Waals surface area contributed by atoms with Crippen molar-refractivity contribution in [3.8, 4) is 0 Å². The maximum absolute atomic E-state index is 6.23. The predicted octanol–water partition coefficient (Wildman–Crippen LogP) is 33.7. The van der Waals surface area contributed by atoms with Crippen LogP contribution in [0.3, 0.4) is 0 Å².